The molecule has 4 rings (SSSR count). The molecule has 0 bridgehead atoms. The van der Waals surface area contributed by atoms with Crippen molar-refractivity contribution in [3.8, 4) is 22.4 Å². The van der Waals surface area contributed by atoms with Gasteiger partial charge in [-0.25, -0.2) is 9.78 Å². The van der Waals surface area contributed by atoms with Crippen LogP contribution in [0.4, 0.5) is 4.79 Å². The van der Waals surface area contributed by atoms with E-state index in [1.165, 1.54) is 0 Å². The third kappa shape index (κ3) is 8.87. The van der Waals surface area contributed by atoms with Gasteiger partial charge in [0.1, 0.15) is 17.3 Å². The first-order valence-electron chi connectivity index (χ1n) is 14.4. The number of amides is 3. The number of piperazine rings is 1. The number of carbonyl (C=O) groups excluding carboxylic acids is 4. The van der Waals surface area contributed by atoms with E-state index in [2.05, 4.69) is 10.3 Å². The monoisotopic (exact) mass is 606 g/mol. The second-order valence-electron chi connectivity index (χ2n) is 11.2. The average Bonchev–Trinajstić information content (AvgIpc) is 3.54. The molecule has 10 nitrogen and oxygen atoms in total. The fourth-order valence-electron chi connectivity index (χ4n) is 4.69. The molecule has 0 spiro atoms. The molecule has 1 aromatic carbocycles. The summed E-state index contributed by atoms with van der Waals surface area (Å²) in [6.45, 7) is 8.50. The standard InChI is InChI=1S/C32H38N4O6S/c1-5-41-31(40)36-16-14-35(15-17-36)30(39)25(11-12-28(37)42-32(2,3)4)34-29(38)27-20-24(23-13-18-43-21-23)19-26(33-27)22-9-7-6-8-10-22/h6-10,13,18-21,25H,5,11-12,14-17H2,1-4H3,(H,34,38)/t25-/m0/s1. The van der Waals surface area contributed by atoms with Gasteiger partial charge in [0.15, 0.2) is 0 Å². The quantitative estimate of drug-likeness (QED) is 0.341. The lowest BCUT2D eigenvalue weighted by atomic mass is 10.0. The number of carbonyl (C=O) groups is 4. The maximum absolute atomic E-state index is 13.7. The molecule has 2 aromatic heterocycles. The number of benzene rings is 1. The van der Waals surface area contributed by atoms with Crippen molar-refractivity contribution in [1.29, 1.82) is 0 Å². The number of thiophene rings is 1. The molecule has 0 saturated carbocycles. The highest BCUT2D eigenvalue weighted by Crippen LogP contribution is 2.28. The number of nitrogens with zero attached hydrogens (tertiary/aromatic N) is 3. The third-order valence-corrected chi connectivity index (χ3v) is 7.44. The molecule has 11 heteroatoms. The van der Waals surface area contributed by atoms with E-state index < -0.39 is 29.6 Å². The first-order valence-corrected chi connectivity index (χ1v) is 15.3. The number of rotatable bonds is 9. The fraction of sp³-hybridized carbons (Fsp3) is 0.406. The van der Waals surface area contributed by atoms with Gasteiger partial charge in [0.25, 0.3) is 5.91 Å². The first-order chi connectivity index (χ1) is 20.5. The van der Waals surface area contributed by atoms with Gasteiger partial charge in [-0.3, -0.25) is 14.4 Å². The van der Waals surface area contributed by atoms with Gasteiger partial charge in [-0.05, 0) is 74.2 Å². The van der Waals surface area contributed by atoms with E-state index in [1.54, 1.807) is 54.9 Å². The Labute approximate surface area is 256 Å². The largest absolute Gasteiger partial charge is 0.460 e. The molecule has 0 aliphatic carbocycles. The van der Waals surface area contributed by atoms with E-state index in [0.717, 1.165) is 16.7 Å². The summed E-state index contributed by atoms with van der Waals surface area (Å²) in [7, 11) is 0. The van der Waals surface area contributed by atoms with Crippen LogP contribution in [0.1, 0.15) is 51.0 Å². The molecule has 1 fully saturated rings. The molecular formula is C32H38N4O6S. The summed E-state index contributed by atoms with van der Waals surface area (Å²) >= 11 is 1.55. The van der Waals surface area contributed by atoms with Gasteiger partial charge in [0.05, 0.1) is 12.3 Å². The summed E-state index contributed by atoms with van der Waals surface area (Å²) < 4.78 is 10.5. The van der Waals surface area contributed by atoms with Crippen molar-refractivity contribution in [3.63, 3.8) is 0 Å². The summed E-state index contributed by atoms with van der Waals surface area (Å²) in [6.07, 6.45) is -0.433. The highest BCUT2D eigenvalue weighted by atomic mass is 32.1. The van der Waals surface area contributed by atoms with Crippen LogP contribution in [0.25, 0.3) is 22.4 Å². The minimum absolute atomic E-state index is 0.0489. The lowest BCUT2D eigenvalue weighted by molar-refractivity contribution is -0.155. The zero-order valence-corrected chi connectivity index (χ0v) is 25.8. The molecule has 3 amide bonds. The number of ether oxygens (including phenoxy) is 2. The Bertz CT molecular complexity index is 1410. The van der Waals surface area contributed by atoms with E-state index in [-0.39, 0.29) is 44.1 Å². The Balaban J connectivity index is 1.56. The molecule has 0 unspecified atom stereocenters. The van der Waals surface area contributed by atoms with Crippen LogP contribution in [0.15, 0.2) is 59.3 Å². The predicted octanol–water partition coefficient (Wildman–Crippen LogP) is 5.00. The number of pyridine rings is 1. The van der Waals surface area contributed by atoms with Crippen LogP contribution >= 0.6 is 11.3 Å². The Morgan fingerprint density at radius 2 is 1.65 bits per heavy atom. The van der Waals surface area contributed by atoms with Crippen LogP contribution in [-0.2, 0) is 19.1 Å². The Kier molecular flexibility index (Phi) is 10.5. The summed E-state index contributed by atoms with van der Waals surface area (Å²) in [6, 6.07) is 14.2. The minimum Gasteiger partial charge on any atom is -0.460 e. The fourth-order valence-corrected chi connectivity index (χ4v) is 5.35. The lowest BCUT2D eigenvalue weighted by Crippen LogP contribution is -2.56. The summed E-state index contributed by atoms with van der Waals surface area (Å²) in [5, 5.41) is 6.81. The molecule has 3 aromatic rings. The molecule has 1 atom stereocenters. The normalized spacial score (nSPS) is 14.1. The molecule has 1 N–H and O–H groups in total. The highest BCUT2D eigenvalue weighted by molar-refractivity contribution is 7.08. The van der Waals surface area contributed by atoms with E-state index in [0.29, 0.717) is 18.8 Å². The average molecular weight is 607 g/mol. The number of esters is 1. The summed E-state index contributed by atoms with van der Waals surface area (Å²) in [5.41, 5.74) is 2.74. The summed E-state index contributed by atoms with van der Waals surface area (Å²) in [4.78, 5) is 59.9. The molecule has 0 radical (unpaired) electrons. The SMILES string of the molecule is CCOC(=O)N1CCN(C(=O)[C@H](CCC(=O)OC(C)(C)C)NC(=O)c2cc(-c3ccsc3)cc(-c3ccccc3)n2)CC1. The van der Waals surface area contributed by atoms with E-state index >= 15 is 0 Å². The van der Waals surface area contributed by atoms with Crippen LogP contribution in [0.5, 0.6) is 0 Å². The van der Waals surface area contributed by atoms with Crippen LogP contribution in [0, 0.1) is 0 Å². The van der Waals surface area contributed by atoms with Crippen molar-refractivity contribution >= 4 is 35.2 Å². The third-order valence-electron chi connectivity index (χ3n) is 6.76. The van der Waals surface area contributed by atoms with Gasteiger partial charge in [-0.15, -0.1) is 0 Å². The van der Waals surface area contributed by atoms with E-state index in [9.17, 15) is 19.2 Å². The Hall–Kier alpha value is -4.25. The molecule has 1 saturated heterocycles. The topological polar surface area (TPSA) is 118 Å². The second kappa shape index (κ2) is 14.3. The Morgan fingerprint density at radius 3 is 2.28 bits per heavy atom. The summed E-state index contributed by atoms with van der Waals surface area (Å²) in [5.74, 6) is -1.32. The molecule has 3 heterocycles. The van der Waals surface area contributed by atoms with Crippen LogP contribution < -0.4 is 5.32 Å². The molecular weight excluding hydrogens is 568 g/mol. The van der Waals surface area contributed by atoms with Gasteiger partial charge >= 0.3 is 12.1 Å². The molecule has 43 heavy (non-hydrogen) atoms. The van der Waals surface area contributed by atoms with Gasteiger partial charge in [-0.1, -0.05) is 30.3 Å². The molecule has 228 valence electrons. The maximum Gasteiger partial charge on any atom is 0.409 e. The van der Waals surface area contributed by atoms with Crippen molar-refractivity contribution < 1.29 is 28.7 Å². The van der Waals surface area contributed by atoms with Crippen molar-refractivity contribution in [2.75, 3.05) is 32.8 Å². The number of aromatic nitrogens is 1. The predicted molar refractivity (Wildman–Crippen MR) is 164 cm³/mol. The molecule has 1 aliphatic heterocycles. The lowest BCUT2D eigenvalue weighted by Gasteiger charge is -2.36. The molecule has 1 aliphatic rings. The number of hydrogen-bond acceptors (Lipinski definition) is 8. The maximum atomic E-state index is 13.7. The van der Waals surface area contributed by atoms with Crippen molar-refractivity contribution in [2.24, 2.45) is 0 Å². The van der Waals surface area contributed by atoms with Crippen molar-refractivity contribution in [2.45, 2.75) is 52.2 Å². The van der Waals surface area contributed by atoms with Crippen LogP contribution in [0.2, 0.25) is 0 Å². The van der Waals surface area contributed by atoms with Crippen LogP contribution in [0.3, 0.4) is 0 Å². The van der Waals surface area contributed by atoms with Crippen LogP contribution in [-0.4, -0.2) is 83.1 Å². The Morgan fingerprint density at radius 1 is 0.953 bits per heavy atom. The highest BCUT2D eigenvalue weighted by Gasteiger charge is 2.32. The van der Waals surface area contributed by atoms with E-state index in [4.69, 9.17) is 9.47 Å². The zero-order chi connectivity index (χ0) is 31.0. The van der Waals surface area contributed by atoms with Gasteiger partial charge in [-0.2, -0.15) is 11.3 Å². The van der Waals surface area contributed by atoms with Crippen molar-refractivity contribution in [1.82, 2.24) is 20.1 Å². The number of hydrogen-bond donors (Lipinski definition) is 1. The van der Waals surface area contributed by atoms with Crippen molar-refractivity contribution in [3.05, 3.63) is 65.0 Å². The minimum atomic E-state index is -0.999. The van der Waals surface area contributed by atoms with Gasteiger partial charge in [0.2, 0.25) is 5.91 Å². The van der Waals surface area contributed by atoms with Gasteiger partial charge in [0, 0.05) is 38.2 Å². The second-order valence-corrected chi connectivity index (χ2v) is 11.9. The number of nitrogens with one attached hydrogen (secondary N) is 1. The zero-order valence-electron chi connectivity index (χ0n) is 25.0. The van der Waals surface area contributed by atoms with E-state index in [1.807, 2.05) is 53.2 Å². The smallest absolute Gasteiger partial charge is 0.409 e. The van der Waals surface area contributed by atoms with Gasteiger partial charge < -0.3 is 24.6 Å². The first kappa shape index (κ1) is 31.7.